The quantitative estimate of drug-likeness (QED) is 0.599. The van der Waals surface area contributed by atoms with Crippen molar-refractivity contribution in [2.24, 2.45) is 7.05 Å². The molecule has 7 heteroatoms. The van der Waals surface area contributed by atoms with Crippen molar-refractivity contribution in [3.8, 4) is 11.4 Å². The van der Waals surface area contributed by atoms with Crippen LogP contribution in [0.4, 0.5) is 11.5 Å². The zero-order chi connectivity index (χ0) is 11.7. The van der Waals surface area contributed by atoms with Crippen molar-refractivity contribution in [3.63, 3.8) is 0 Å². The monoisotopic (exact) mass is 219 g/mol. The van der Waals surface area contributed by atoms with Gasteiger partial charge in [0.2, 0.25) is 0 Å². The van der Waals surface area contributed by atoms with Crippen LogP contribution in [-0.4, -0.2) is 19.7 Å². The van der Waals surface area contributed by atoms with E-state index in [0.717, 1.165) is 0 Å². The van der Waals surface area contributed by atoms with Gasteiger partial charge >= 0.3 is 0 Å². The number of aromatic nitrogens is 3. The Morgan fingerprint density at radius 2 is 2.19 bits per heavy atom. The smallest absolute Gasteiger partial charge is 0.297 e. The lowest BCUT2D eigenvalue weighted by molar-refractivity contribution is -0.384. The van der Waals surface area contributed by atoms with E-state index in [4.69, 9.17) is 5.73 Å². The highest BCUT2D eigenvalue weighted by Crippen LogP contribution is 2.26. The van der Waals surface area contributed by atoms with Crippen molar-refractivity contribution in [2.75, 3.05) is 5.73 Å². The molecule has 0 saturated heterocycles. The third kappa shape index (κ3) is 1.70. The molecule has 0 bridgehead atoms. The Labute approximate surface area is 90.7 Å². The first-order chi connectivity index (χ1) is 7.58. The van der Waals surface area contributed by atoms with Crippen molar-refractivity contribution in [1.29, 1.82) is 0 Å². The van der Waals surface area contributed by atoms with Gasteiger partial charge in [-0.15, -0.1) is 0 Å². The molecule has 0 saturated carbocycles. The Morgan fingerprint density at radius 1 is 1.44 bits per heavy atom. The fourth-order valence-corrected chi connectivity index (χ4v) is 1.34. The number of hydrogen-bond donors (Lipinski definition) is 1. The summed E-state index contributed by atoms with van der Waals surface area (Å²) < 4.78 is 1.55. The highest BCUT2D eigenvalue weighted by molar-refractivity contribution is 5.67. The van der Waals surface area contributed by atoms with Crippen molar-refractivity contribution in [3.05, 3.63) is 34.5 Å². The van der Waals surface area contributed by atoms with Crippen molar-refractivity contribution in [2.45, 2.75) is 0 Å². The molecule has 2 heterocycles. The lowest BCUT2D eigenvalue weighted by atomic mass is 10.2. The number of nitrogens with zero attached hydrogens (tertiary/aromatic N) is 4. The van der Waals surface area contributed by atoms with Gasteiger partial charge in [0.15, 0.2) is 5.69 Å². The van der Waals surface area contributed by atoms with Gasteiger partial charge in [-0.05, 0) is 12.1 Å². The summed E-state index contributed by atoms with van der Waals surface area (Å²) in [6.07, 6.45) is 1.68. The molecule has 0 radical (unpaired) electrons. The highest BCUT2D eigenvalue weighted by Gasteiger charge is 2.18. The SMILES string of the molecule is Cn1ccc(-c2nc(N)ccc2[N+](=O)[O-])n1. The van der Waals surface area contributed by atoms with Gasteiger partial charge < -0.3 is 5.73 Å². The molecule has 0 unspecified atom stereocenters. The molecule has 2 N–H and O–H groups in total. The zero-order valence-corrected chi connectivity index (χ0v) is 8.49. The van der Waals surface area contributed by atoms with E-state index in [9.17, 15) is 10.1 Å². The maximum absolute atomic E-state index is 10.8. The fraction of sp³-hybridized carbons (Fsp3) is 0.111. The number of pyridine rings is 1. The molecule has 0 aromatic carbocycles. The minimum atomic E-state index is -0.504. The second-order valence-electron chi connectivity index (χ2n) is 3.24. The minimum Gasteiger partial charge on any atom is -0.384 e. The van der Waals surface area contributed by atoms with Gasteiger partial charge in [0.1, 0.15) is 11.5 Å². The Morgan fingerprint density at radius 3 is 2.75 bits per heavy atom. The van der Waals surface area contributed by atoms with E-state index < -0.39 is 4.92 Å². The van der Waals surface area contributed by atoms with E-state index in [2.05, 4.69) is 10.1 Å². The van der Waals surface area contributed by atoms with Crippen LogP contribution >= 0.6 is 0 Å². The van der Waals surface area contributed by atoms with Crippen LogP contribution in [0, 0.1) is 10.1 Å². The van der Waals surface area contributed by atoms with Gasteiger partial charge in [-0.3, -0.25) is 14.8 Å². The van der Waals surface area contributed by atoms with Crippen molar-refractivity contribution >= 4 is 11.5 Å². The Kier molecular flexibility index (Phi) is 2.28. The molecule has 0 fully saturated rings. The third-order valence-corrected chi connectivity index (χ3v) is 2.05. The van der Waals surface area contributed by atoms with Crippen LogP contribution in [0.2, 0.25) is 0 Å². The van der Waals surface area contributed by atoms with E-state index >= 15 is 0 Å². The standard InChI is InChI=1S/C9H9N5O2/c1-13-5-4-6(12-13)9-7(14(15)16)2-3-8(10)11-9/h2-5H,1H3,(H2,10,11). The number of anilines is 1. The van der Waals surface area contributed by atoms with Gasteiger partial charge in [-0.25, -0.2) is 4.98 Å². The molecule has 82 valence electrons. The molecule has 0 aliphatic heterocycles. The first-order valence-corrected chi connectivity index (χ1v) is 4.49. The lowest BCUT2D eigenvalue weighted by Gasteiger charge is -1.99. The summed E-state index contributed by atoms with van der Waals surface area (Å²) in [4.78, 5) is 14.2. The first kappa shape index (κ1) is 10.1. The first-order valence-electron chi connectivity index (χ1n) is 4.49. The summed E-state index contributed by atoms with van der Waals surface area (Å²) in [5, 5.41) is 14.9. The molecule has 0 aliphatic rings. The van der Waals surface area contributed by atoms with Crippen molar-refractivity contribution in [1.82, 2.24) is 14.8 Å². The van der Waals surface area contributed by atoms with Gasteiger partial charge in [-0.1, -0.05) is 0 Å². The summed E-state index contributed by atoms with van der Waals surface area (Å²) in [5.41, 5.74) is 6.02. The predicted octanol–water partition coefficient (Wildman–Crippen LogP) is 0.972. The topological polar surface area (TPSA) is 99.9 Å². The molecular formula is C9H9N5O2. The van der Waals surface area contributed by atoms with Gasteiger partial charge in [0.25, 0.3) is 5.69 Å². The number of nitro groups is 1. The van der Waals surface area contributed by atoms with Crippen LogP contribution in [0.5, 0.6) is 0 Å². The summed E-state index contributed by atoms with van der Waals surface area (Å²) in [6, 6.07) is 4.37. The second-order valence-corrected chi connectivity index (χ2v) is 3.24. The van der Waals surface area contributed by atoms with E-state index in [1.807, 2.05) is 0 Å². The molecule has 16 heavy (non-hydrogen) atoms. The predicted molar refractivity (Wildman–Crippen MR) is 57.5 cm³/mol. The van der Waals surface area contributed by atoms with Gasteiger partial charge in [-0.2, -0.15) is 5.10 Å². The molecule has 0 amide bonds. The molecule has 7 nitrogen and oxygen atoms in total. The molecule has 0 atom stereocenters. The number of hydrogen-bond acceptors (Lipinski definition) is 5. The molecular weight excluding hydrogens is 210 g/mol. The molecule has 0 aliphatic carbocycles. The summed E-state index contributed by atoms with van der Waals surface area (Å²) >= 11 is 0. The number of rotatable bonds is 2. The second kappa shape index (κ2) is 3.61. The van der Waals surface area contributed by atoms with E-state index in [1.165, 1.54) is 12.1 Å². The molecule has 0 spiro atoms. The Bertz CT molecular complexity index is 549. The number of nitrogens with two attached hydrogens (primary N) is 1. The van der Waals surface area contributed by atoms with Crippen LogP contribution in [-0.2, 0) is 7.05 Å². The molecule has 2 aromatic rings. The normalized spacial score (nSPS) is 10.3. The third-order valence-electron chi connectivity index (χ3n) is 2.05. The number of aryl methyl sites for hydroxylation is 1. The van der Waals surface area contributed by atoms with E-state index in [0.29, 0.717) is 5.69 Å². The fourth-order valence-electron chi connectivity index (χ4n) is 1.34. The van der Waals surface area contributed by atoms with Crippen LogP contribution in [0.3, 0.4) is 0 Å². The summed E-state index contributed by atoms with van der Waals surface area (Å²) in [5.74, 6) is 0.228. The largest absolute Gasteiger partial charge is 0.384 e. The van der Waals surface area contributed by atoms with Crippen molar-refractivity contribution < 1.29 is 4.92 Å². The van der Waals surface area contributed by atoms with E-state index in [1.54, 1.807) is 24.0 Å². The van der Waals surface area contributed by atoms with E-state index in [-0.39, 0.29) is 17.2 Å². The van der Waals surface area contributed by atoms with Gasteiger partial charge in [0, 0.05) is 19.3 Å². The number of nitrogen functional groups attached to an aromatic ring is 1. The van der Waals surface area contributed by atoms with Crippen LogP contribution in [0.1, 0.15) is 0 Å². The summed E-state index contributed by atoms with van der Waals surface area (Å²) in [6.45, 7) is 0. The maximum atomic E-state index is 10.8. The van der Waals surface area contributed by atoms with Crippen LogP contribution < -0.4 is 5.73 Å². The minimum absolute atomic E-state index is 0.104. The average Bonchev–Trinajstić information content (AvgIpc) is 2.64. The molecule has 2 rings (SSSR count). The van der Waals surface area contributed by atoms with Crippen LogP contribution in [0.15, 0.2) is 24.4 Å². The Hall–Kier alpha value is -2.44. The zero-order valence-electron chi connectivity index (χ0n) is 8.49. The molecule has 2 aromatic heterocycles. The summed E-state index contributed by atoms with van der Waals surface area (Å²) in [7, 11) is 1.72. The van der Waals surface area contributed by atoms with Gasteiger partial charge in [0.05, 0.1) is 4.92 Å². The highest BCUT2D eigenvalue weighted by atomic mass is 16.6. The Balaban J connectivity index is 2.62. The van der Waals surface area contributed by atoms with Crippen LogP contribution in [0.25, 0.3) is 11.4 Å². The maximum Gasteiger partial charge on any atom is 0.297 e. The lowest BCUT2D eigenvalue weighted by Crippen LogP contribution is -1.99. The average molecular weight is 219 g/mol.